The molecule has 0 fully saturated rings. The van der Waals surface area contributed by atoms with Crippen molar-refractivity contribution in [3.05, 3.63) is 0 Å². The van der Waals surface area contributed by atoms with Crippen LogP contribution in [0.2, 0.25) is 0 Å². The molecule has 0 spiro atoms. The van der Waals surface area contributed by atoms with E-state index in [0.717, 1.165) is 9.80 Å². The molecule has 0 bridgehead atoms. The van der Waals surface area contributed by atoms with E-state index in [9.17, 15) is 19.2 Å². The van der Waals surface area contributed by atoms with Crippen LogP contribution in [0.5, 0.6) is 0 Å². The number of hydrogen-bond acceptors (Lipinski definition) is 7. The van der Waals surface area contributed by atoms with E-state index in [1.807, 2.05) is 0 Å². The van der Waals surface area contributed by atoms with E-state index in [2.05, 4.69) is 0 Å². The van der Waals surface area contributed by atoms with Gasteiger partial charge in [-0.05, 0) is 6.42 Å². The molecular weight excluding hydrogens is 339 g/mol. The van der Waals surface area contributed by atoms with Crippen molar-refractivity contribution in [2.24, 2.45) is 0 Å². The van der Waals surface area contributed by atoms with Crippen LogP contribution in [-0.2, 0) is 19.2 Å². The molecule has 0 aromatic rings. The first-order chi connectivity index (χ1) is 10.7. The molecule has 11 nitrogen and oxygen atoms in total. The molecule has 1 radical (unpaired) electrons. The Hall–Kier alpha value is -1.24. The first kappa shape index (κ1) is 25.0. The van der Waals surface area contributed by atoms with Gasteiger partial charge in [0.1, 0.15) is 6.04 Å². The molecule has 1 atom stereocenters. The van der Waals surface area contributed by atoms with Crippen LogP contribution in [0, 0.1) is 0 Å². The Morgan fingerprint density at radius 3 is 1.58 bits per heavy atom. The summed E-state index contributed by atoms with van der Waals surface area (Å²) in [6, 6.07) is -1.27. The molecule has 5 N–H and O–H groups in total. The molecule has 0 aliphatic rings. The van der Waals surface area contributed by atoms with Gasteiger partial charge in [-0.2, -0.15) is 0 Å². The van der Waals surface area contributed by atoms with Gasteiger partial charge >= 0.3 is 23.9 Å². The molecule has 0 saturated carbocycles. The SMILES string of the molecule is O=C(O)CN(CCN(CC(=O)O)C(CCO)C(=O)O)CC(=O)O.[Na]. The molecule has 0 aliphatic carbocycles. The van der Waals surface area contributed by atoms with Crippen LogP contribution in [0.25, 0.3) is 0 Å². The Kier molecular flexibility index (Phi) is 13.6. The van der Waals surface area contributed by atoms with Gasteiger partial charge in [-0.3, -0.25) is 29.0 Å². The molecule has 0 heterocycles. The van der Waals surface area contributed by atoms with Gasteiger partial charge in [-0.1, -0.05) is 0 Å². The summed E-state index contributed by atoms with van der Waals surface area (Å²) in [4.78, 5) is 45.5. The van der Waals surface area contributed by atoms with Crippen molar-refractivity contribution in [2.75, 3.05) is 39.3 Å². The number of aliphatic hydroxyl groups is 1. The fourth-order valence-corrected chi connectivity index (χ4v) is 1.97. The number of aliphatic carboxylic acids is 4. The summed E-state index contributed by atoms with van der Waals surface area (Å²) in [5.74, 6) is -5.15. The van der Waals surface area contributed by atoms with Crippen molar-refractivity contribution < 1.29 is 44.7 Å². The van der Waals surface area contributed by atoms with E-state index in [4.69, 9.17) is 25.5 Å². The first-order valence-electron chi connectivity index (χ1n) is 6.62. The number of carbonyl (C=O) groups is 4. The normalized spacial score (nSPS) is 11.8. The van der Waals surface area contributed by atoms with Crippen LogP contribution >= 0.6 is 0 Å². The van der Waals surface area contributed by atoms with E-state index in [1.165, 1.54) is 0 Å². The third kappa shape index (κ3) is 11.3. The maximum atomic E-state index is 11.2. The van der Waals surface area contributed by atoms with Gasteiger partial charge in [0.2, 0.25) is 0 Å². The fourth-order valence-electron chi connectivity index (χ4n) is 1.97. The summed E-state index contributed by atoms with van der Waals surface area (Å²) < 4.78 is 0. The second-order valence-corrected chi connectivity index (χ2v) is 4.73. The molecule has 0 aliphatic heterocycles. The number of hydrogen-bond donors (Lipinski definition) is 5. The third-order valence-corrected chi connectivity index (χ3v) is 2.89. The Labute approximate surface area is 159 Å². The van der Waals surface area contributed by atoms with E-state index >= 15 is 0 Å². The average molecular weight is 359 g/mol. The standard InChI is InChI=1S/C12H20N2O9.Na/c15-4-1-8(12(22)23)14(7-11(20)21)3-2-13(5-9(16)17)6-10(18)19;/h8,15H,1-7H2,(H,16,17)(H,18,19)(H,20,21)(H,22,23);. The van der Waals surface area contributed by atoms with Gasteiger partial charge in [0.25, 0.3) is 0 Å². The number of aliphatic hydroxyl groups excluding tert-OH is 1. The molecule has 0 rings (SSSR count). The summed E-state index contributed by atoms with van der Waals surface area (Å²) in [5, 5.41) is 44.3. The smallest absolute Gasteiger partial charge is 0.321 e. The molecular formula is C12H20N2NaO9. The number of carboxylic acids is 4. The first-order valence-corrected chi connectivity index (χ1v) is 6.62. The minimum atomic E-state index is -1.33. The van der Waals surface area contributed by atoms with Gasteiger partial charge in [0, 0.05) is 49.3 Å². The third-order valence-electron chi connectivity index (χ3n) is 2.89. The van der Waals surface area contributed by atoms with E-state index in [0.29, 0.717) is 0 Å². The van der Waals surface area contributed by atoms with Crippen LogP contribution in [0.1, 0.15) is 6.42 Å². The van der Waals surface area contributed by atoms with Crippen molar-refractivity contribution in [2.45, 2.75) is 12.5 Å². The Balaban J connectivity index is 0. The minimum absolute atomic E-state index is 0. The zero-order valence-electron chi connectivity index (χ0n) is 13.3. The molecule has 24 heavy (non-hydrogen) atoms. The largest absolute Gasteiger partial charge is 0.480 e. The molecule has 0 aromatic heterocycles. The van der Waals surface area contributed by atoms with Crippen LogP contribution in [0.15, 0.2) is 0 Å². The number of nitrogens with zero attached hydrogens (tertiary/aromatic N) is 2. The monoisotopic (exact) mass is 359 g/mol. The summed E-state index contributed by atoms with van der Waals surface area (Å²) in [6.07, 6.45) is -0.208. The number of rotatable bonds is 13. The van der Waals surface area contributed by atoms with Crippen LogP contribution in [0.4, 0.5) is 0 Å². The topological polar surface area (TPSA) is 176 Å². The fraction of sp³-hybridized carbons (Fsp3) is 0.667. The zero-order chi connectivity index (χ0) is 18.0. The predicted molar refractivity (Wildman–Crippen MR) is 79.8 cm³/mol. The summed E-state index contributed by atoms with van der Waals surface area (Å²) in [5.41, 5.74) is 0. The molecule has 0 amide bonds. The van der Waals surface area contributed by atoms with Gasteiger partial charge in [-0.15, -0.1) is 0 Å². The van der Waals surface area contributed by atoms with Crippen LogP contribution in [0.3, 0.4) is 0 Å². The molecule has 12 heteroatoms. The van der Waals surface area contributed by atoms with Gasteiger partial charge in [-0.25, -0.2) is 0 Å². The number of carboxylic acid groups (broad SMARTS) is 4. The van der Waals surface area contributed by atoms with Crippen molar-refractivity contribution >= 4 is 53.4 Å². The second kappa shape index (κ2) is 13.1. The maximum Gasteiger partial charge on any atom is 0.321 e. The minimum Gasteiger partial charge on any atom is -0.480 e. The maximum absolute atomic E-state index is 11.2. The molecule has 0 aromatic carbocycles. The van der Waals surface area contributed by atoms with Crippen molar-refractivity contribution in [1.29, 1.82) is 0 Å². The van der Waals surface area contributed by atoms with Crippen molar-refractivity contribution in [3.8, 4) is 0 Å². The van der Waals surface area contributed by atoms with E-state index < -0.39 is 56.2 Å². The van der Waals surface area contributed by atoms with Gasteiger partial charge in [0.15, 0.2) is 0 Å². The Bertz CT molecular complexity index is 430. The van der Waals surface area contributed by atoms with Crippen molar-refractivity contribution in [1.82, 2.24) is 9.80 Å². The summed E-state index contributed by atoms with van der Waals surface area (Å²) in [7, 11) is 0. The zero-order valence-corrected chi connectivity index (χ0v) is 15.3. The van der Waals surface area contributed by atoms with E-state index in [1.54, 1.807) is 0 Å². The molecule has 1 unspecified atom stereocenters. The second-order valence-electron chi connectivity index (χ2n) is 4.73. The van der Waals surface area contributed by atoms with Gasteiger partial charge in [0.05, 0.1) is 19.6 Å². The summed E-state index contributed by atoms with van der Waals surface area (Å²) >= 11 is 0. The quantitative estimate of drug-likeness (QED) is 0.216. The van der Waals surface area contributed by atoms with E-state index in [-0.39, 0.29) is 49.1 Å². The Morgan fingerprint density at radius 1 is 0.792 bits per heavy atom. The molecule has 133 valence electrons. The van der Waals surface area contributed by atoms with Crippen LogP contribution in [-0.4, -0.2) is 134 Å². The van der Waals surface area contributed by atoms with Crippen molar-refractivity contribution in [3.63, 3.8) is 0 Å². The van der Waals surface area contributed by atoms with Crippen LogP contribution < -0.4 is 0 Å². The molecule has 0 saturated heterocycles. The summed E-state index contributed by atoms with van der Waals surface area (Å²) in [6.45, 7) is -2.59. The predicted octanol–water partition coefficient (Wildman–Crippen LogP) is -2.70. The Morgan fingerprint density at radius 2 is 1.25 bits per heavy atom. The average Bonchev–Trinajstić information content (AvgIpc) is 2.38. The van der Waals surface area contributed by atoms with Gasteiger partial charge < -0.3 is 25.5 Å².